The van der Waals surface area contributed by atoms with Crippen LogP contribution in [0.2, 0.25) is 0 Å². The molecule has 0 fully saturated rings. The van der Waals surface area contributed by atoms with Gasteiger partial charge in [-0.25, -0.2) is 8.42 Å². The maximum absolute atomic E-state index is 12.9. The number of benzene rings is 3. The van der Waals surface area contributed by atoms with E-state index < -0.39 is 10.0 Å². The van der Waals surface area contributed by atoms with Crippen LogP contribution in [0.25, 0.3) is 0 Å². The minimum Gasteiger partial charge on any atom is -0.457 e. The Hall–Kier alpha value is -3.32. The summed E-state index contributed by atoms with van der Waals surface area (Å²) in [5.41, 5.74) is 2.02. The molecule has 1 atom stereocenters. The number of anilines is 2. The number of para-hydroxylation sites is 1. The number of carbonyl (C=O) groups excluding carboxylic acids is 1. The van der Waals surface area contributed by atoms with E-state index >= 15 is 0 Å². The van der Waals surface area contributed by atoms with Gasteiger partial charge in [-0.1, -0.05) is 24.3 Å². The highest BCUT2D eigenvalue weighted by Crippen LogP contribution is 2.34. The molecule has 3 aromatic rings. The van der Waals surface area contributed by atoms with Crippen molar-refractivity contribution in [1.82, 2.24) is 0 Å². The van der Waals surface area contributed by atoms with Crippen LogP contribution in [0.4, 0.5) is 11.4 Å². The van der Waals surface area contributed by atoms with Gasteiger partial charge in [0, 0.05) is 24.7 Å². The van der Waals surface area contributed by atoms with Gasteiger partial charge in [-0.3, -0.25) is 9.52 Å². The van der Waals surface area contributed by atoms with Crippen LogP contribution < -0.4 is 14.4 Å². The van der Waals surface area contributed by atoms with E-state index in [1.54, 1.807) is 41.3 Å². The van der Waals surface area contributed by atoms with E-state index in [2.05, 4.69) is 4.72 Å². The van der Waals surface area contributed by atoms with Gasteiger partial charge >= 0.3 is 0 Å². The average molecular weight is 423 g/mol. The largest absolute Gasteiger partial charge is 0.457 e. The summed E-state index contributed by atoms with van der Waals surface area (Å²) in [7, 11) is -3.79. The van der Waals surface area contributed by atoms with Crippen molar-refractivity contribution in [2.75, 3.05) is 9.62 Å². The predicted molar refractivity (Wildman–Crippen MR) is 117 cm³/mol. The van der Waals surface area contributed by atoms with E-state index in [0.717, 1.165) is 11.3 Å². The first kappa shape index (κ1) is 20.0. The van der Waals surface area contributed by atoms with Crippen molar-refractivity contribution in [2.45, 2.75) is 31.2 Å². The van der Waals surface area contributed by atoms with Gasteiger partial charge in [0.2, 0.25) is 5.91 Å². The van der Waals surface area contributed by atoms with Crippen LogP contribution in [-0.2, 0) is 21.2 Å². The lowest BCUT2D eigenvalue weighted by atomic mass is 10.1. The number of fused-ring (bicyclic) bond motifs is 1. The van der Waals surface area contributed by atoms with E-state index in [1.807, 2.05) is 37.3 Å². The lowest BCUT2D eigenvalue weighted by Crippen LogP contribution is -2.33. The summed E-state index contributed by atoms with van der Waals surface area (Å²) >= 11 is 0. The van der Waals surface area contributed by atoms with Gasteiger partial charge in [-0.15, -0.1) is 0 Å². The van der Waals surface area contributed by atoms with Gasteiger partial charge in [0.15, 0.2) is 0 Å². The molecule has 0 aliphatic carbocycles. The first-order valence-electron chi connectivity index (χ1n) is 9.62. The second kappa shape index (κ2) is 7.84. The van der Waals surface area contributed by atoms with Crippen LogP contribution in [0.1, 0.15) is 19.4 Å². The van der Waals surface area contributed by atoms with Crippen LogP contribution in [-0.4, -0.2) is 20.4 Å². The third-order valence-corrected chi connectivity index (χ3v) is 6.36. The summed E-state index contributed by atoms with van der Waals surface area (Å²) in [5.74, 6) is 1.15. The maximum Gasteiger partial charge on any atom is 0.261 e. The van der Waals surface area contributed by atoms with E-state index in [-0.39, 0.29) is 16.8 Å². The Kier molecular flexibility index (Phi) is 5.22. The number of hydrogen-bond donors (Lipinski definition) is 1. The van der Waals surface area contributed by atoms with Gasteiger partial charge < -0.3 is 9.64 Å². The minimum absolute atomic E-state index is 0.00947. The number of sulfonamides is 1. The lowest BCUT2D eigenvalue weighted by molar-refractivity contribution is -0.116. The summed E-state index contributed by atoms with van der Waals surface area (Å²) in [4.78, 5) is 13.7. The van der Waals surface area contributed by atoms with Gasteiger partial charge in [0.1, 0.15) is 11.5 Å². The zero-order valence-corrected chi connectivity index (χ0v) is 17.5. The lowest BCUT2D eigenvalue weighted by Gasteiger charge is -2.20. The van der Waals surface area contributed by atoms with Gasteiger partial charge in [0.25, 0.3) is 10.0 Å². The van der Waals surface area contributed by atoms with Gasteiger partial charge in [-0.05, 0) is 61.4 Å². The quantitative estimate of drug-likeness (QED) is 0.653. The van der Waals surface area contributed by atoms with Crippen molar-refractivity contribution >= 4 is 27.3 Å². The van der Waals surface area contributed by atoms with Crippen LogP contribution >= 0.6 is 0 Å². The third-order valence-electron chi connectivity index (χ3n) is 4.98. The first-order valence-corrected chi connectivity index (χ1v) is 11.1. The van der Waals surface area contributed by atoms with Crippen molar-refractivity contribution in [2.24, 2.45) is 0 Å². The number of amides is 1. The number of rotatable bonds is 5. The van der Waals surface area contributed by atoms with E-state index in [4.69, 9.17) is 4.74 Å². The monoisotopic (exact) mass is 422 g/mol. The second-order valence-electron chi connectivity index (χ2n) is 7.28. The summed E-state index contributed by atoms with van der Waals surface area (Å²) in [6.45, 7) is 3.47. The normalized spacial score (nSPS) is 15.5. The zero-order valence-electron chi connectivity index (χ0n) is 16.7. The standard InChI is InChI=1S/C23H22N2O4S/c1-16-13-18-14-22(11-12-23(18)25(16)17(2)26)30(27,28)24-19-7-6-10-21(15-19)29-20-8-4-3-5-9-20/h3-12,14-16,24H,13H2,1-2H3. The molecule has 1 heterocycles. The summed E-state index contributed by atoms with van der Waals surface area (Å²) in [6.07, 6.45) is 0.624. The molecular weight excluding hydrogens is 400 g/mol. The van der Waals surface area contributed by atoms with E-state index in [0.29, 0.717) is 23.6 Å². The van der Waals surface area contributed by atoms with Crippen molar-refractivity contribution < 1.29 is 17.9 Å². The third kappa shape index (κ3) is 4.02. The zero-order chi connectivity index (χ0) is 21.3. The predicted octanol–water partition coefficient (Wildman–Crippen LogP) is 4.58. The Bertz CT molecular complexity index is 1190. The fraction of sp³-hybridized carbons (Fsp3) is 0.174. The highest BCUT2D eigenvalue weighted by molar-refractivity contribution is 7.92. The minimum atomic E-state index is -3.79. The first-order chi connectivity index (χ1) is 14.3. The van der Waals surface area contributed by atoms with Crippen LogP contribution in [0.5, 0.6) is 11.5 Å². The molecular formula is C23H22N2O4S. The molecule has 0 aromatic heterocycles. The van der Waals surface area contributed by atoms with Crippen molar-refractivity contribution in [3.8, 4) is 11.5 Å². The molecule has 0 saturated heterocycles. The highest BCUT2D eigenvalue weighted by Gasteiger charge is 2.30. The number of hydrogen-bond acceptors (Lipinski definition) is 4. The molecule has 0 spiro atoms. The topological polar surface area (TPSA) is 75.7 Å². The fourth-order valence-electron chi connectivity index (χ4n) is 3.72. The molecule has 3 aromatic carbocycles. The Morgan fingerprint density at radius 1 is 1.00 bits per heavy atom. The summed E-state index contributed by atoms with van der Waals surface area (Å²) in [5, 5.41) is 0. The van der Waals surface area contributed by atoms with E-state index in [9.17, 15) is 13.2 Å². The number of ether oxygens (including phenoxy) is 1. The molecule has 0 radical (unpaired) electrons. The number of nitrogens with zero attached hydrogens (tertiary/aromatic N) is 1. The molecule has 1 aliphatic rings. The Morgan fingerprint density at radius 2 is 1.73 bits per heavy atom. The molecule has 0 saturated carbocycles. The molecule has 0 bridgehead atoms. The maximum atomic E-state index is 12.9. The van der Waals surface area contributed by atoms with Crippen LogP contribution in [0, 0.1) is 0 Å². The summed E-state index contributed by atoms with van der Waals surface area (Å²) in [6, 6.07) is 20.9. The van der Waals surface area contributed by atoms with Crippen molar-refractivity contribution in [1.29, 1.82) is 0 Å². The molecule has 6 nitrogen and oxygen atoms in total. The van der Waals surface area contributed by atoms with Crippen LogP contribution in [0.15, 0.2) is 77.7 Å². The van der Waals surface area contributed by atoms with Gasteiger partial charge in [-0.2, -0.15) is 0 Å². The highest BCUT2D eigenvalue weighted by atomic mass is 32.2. The fourth-order valence-corrected chi connectivity index (χ4v) is 4.82. The molecule has 7 heteroatoms. The van der Waals surface area contributed by atoms with Crippen molar-refractivity contribution in [3.05, 3.63) is 78.4 Å². The average Bonchev–Trinajstić information content (AvgIpc) is 3.03. The Labute approximate surface area is 176 Å². The molecule has 1 unspecified atom stereocenters. The van der Waals surface area contributed by atoms with E-state index in [1.165, 1.54) is 13.0 Å². The Morgan fingerprint density at radius 3 is 2.47 bits per heavy atom. The number of nitrogens with one attached hydrogen (secondary N) is 1. The molecule has 1 aliphatic heterocycles. The smallest absolute Gasteiger partial charge is 0.261 e. The van der Waals surface area contributed by atoms with Crippen LogP contribution in [0.3, 0.4) is 0 Å². The molecule has 1 amide bonds. The number of carbonyl (C=O) groups is 1. The SMILES string of the molecule is CC(=O)N1c2ccc(S(=O)(=O)Nc3cccc(Oc4ccccc4)c3)cc2CC1C. The molecule has 154 valence electrons. The molecule has 30 heavy (non-hydrogen) atoms. The van der Waals surface area contributed by atoms with Gasteiger partial charge in [0.05, 0.1) is 10.6 Å². The van der Waals surface area contributed by atoms with Crippen molar-refractivity contribution in [3.63, 3.8) is 0 Å². The molecule has 4 rings (SSSR count). The Balaban J connectivity index is 1.56. The summed E-state index contributed by atoms with van der Waals surface area (Å²) < 4.78 is 34.3. The molecule has 1 N–H and O–H groups in total. The second-order valence-corrected chi connectivity index (χ2v) is 8.96.